The van der Waals surface area contributed by atoms with E-state index in [1.807, 2.05) is 4.90 Å². The Hall–Kier alpha value is -2.39. The summed E-state index contributed by atoms with van der Waals surface area (Å²) in [5, 5.41) is 2.80. The standard InChI is InChI=1S/C20H19ClF5N3O/c1-2-28-5-7-29(8-6-28)14-4-3-11(21)9-13(14)27-15(30)10-12-16(22)18(24)20(26)19(25)17(12)23/h3-4,9H,2,5-8,10H2,1H3,(H,27,30). The highest BCUT2D eigenvalue weighted by Gasteiger charge is 2.27. The van der Waals surface area contributed by atoms with Crippen molar-refractivity contribution in [3.63, 3.8) is 0 Å². The summed E-state index contributed by atoms with van der Waals surface area (Å²) in [5.41, 5.74) is -0.244. The summed E-state index contributed by atoms with van der Waals surface area (Å²) in [6.45, 7) is 5.99. The molecule has 162 valence electrons. The first-order chi connectivity index (χ1) is 14.2. The molecule has 1 aliphatic rings. The van der Waals surface area contributed by atoms with E-state index >= 15 is 0 Å². The minimum Gasteiger partial charge on any atom is -0.367 e. The average Bonchev–Trinajstić information content (AvgIpc) is 2.74. The lowest BCUT2D eigenvalue weighted by Crippen LogP contribution is -2.46. The van der Waals surface area contributed by atoms with Crippen molar-refractivity contribution in [2.24, 2.45) is 0 Å². The number of carbonyl (C=O) groups excluding carboxylic acids is 1. The second-order valence-electron chi connectivity index (χ2n) is 6.86. The number of anilines is 2. The van der Waals surface area contributed by atoms with Gasteiger partial charge < -0.3 is 15.1 Å². The van der Waals surface area contributed by atoms with Crippen LogP contribution in [0.5, 0.6) is 0 Å². The molecule has 0 aromatic heterocycles. The monoisotopic (exact) mass is 447 g/mol. The molecule has 0 saturated carbocycles. The van der Waals surface area contributed by atoms with Crippen LogP contribution >= 0.6 is 11.6 Å². The molecule has 0 aliphatic carbocycles. The molecule has 30 heavy (non-hydrogen) atoms. The van der Waals surface area contributed by atoms with Crippen molar-refractivity contribution in [2.45, 2.75) is 13.3 Å². The summed E-state index contributed by atoms with van der Waals surface area (Å²) in [6.07, 6.45) is -1.03. The molecule has 3 rings (SSSR count). The normalized spacial score (nSPS) is 14.8. The van der Waals surface area contributed by atoms with E-state index in [2.05, 4.69) is 17.1 Å². The molecule has 0 radical (unpaired) electrons. The Bertz CT molecular complexity index is 935. The number of benzene rings is 2. The van der Waals surface area contributed by atoms with Crippen LogP contribution in [0.25, 0.3) is 0 Å². The van der Waals surface area contributed by atoms with Gasteiger partial charge in [-0.2, -0.15) is 0 Å². The van der Waals surface area contributed by atoms with Gasteiger partial charge in [-0.1, -0.05) is 18.5 Å². The number of nitrogens with one attached hydrogen (secondary N) is 1. The predicted octanol–water partition coefficient (Wildman–Crippen LogP) is 4.36. The molecule has 2 aromatic carbocycles. The Morgan fingerprint density at radius 3 is 2.10 bits per heavy atom. The second kappa shape index (κ2) is 9.18. The number of halogens is 6. The van der Waals surface area contributed by atoms with Crippen molar-refractivity contribution < 1.29 is 26.7 Å². The van der Waals surface area contributed by atoms with E-state index in [1.165, 1.54) is 6.07 Å². The van der Waals surface area contributed by atoms with Gasteiger partial charge in [0, 0.05) is 36.8 Å². The van der Waals surface area contributed by atoms with Crippen molar-refractivity contribution >= 4 is 28.9 Å². The van der Waals surface area contributed by atoms with Gasteiger partial charge in [-0.05, 0) is 24.7 Å². The molecule has 10 heteroatoms. The zero-order chi connectivity index (χ0) is 22.0. The van der Waals surface area contributed by atoms with Crippen LogP contribution in [0, 0.1) is 29.1 Å². The molecule has 0 bridgehead atoms. The minimum absolute atomic E-state index is 0.293. The fourth-order valence-corrected chi connectivity index (χ4v) is 3.52. The van der Waals surface area contributed by atoms with E-state index in [4.69, 9.17) is 11.6 Å². The molecule has 0 atom stereocenters. The fraction of sp³-hybridized carbons (Fsp3) is 0.350. The van der Waals surface area contributed by atoms with Gasteiger partial charge in [0.05, 0.1) is 17.8 Å². The van der Waals surface area contributed by atoms with Crippen LogP contribution in [0.2, 0.25) is 5.02 Å². The van der Waals surface area contributed by atoms with Gasteiger partial charge in [0.25, 0.3) is 0 Å². The van der Waals surface area contributed by atoms with Crippen molar-refractivity contribution in [1.82, 2.24) is 4.90 Å². The van der Waals surface area contributed by atoms with Crippen LogP contribution in [-0.2, 0) is 11.2 Å². The molecule has 0 spiro atoms. The first-order valence-electron chi connectivity index (χ1n) is 9.30. The van der Waals surface area contributed by atoms with E-state index in [9.17, 15) is 26.7 Å². The van der Waals surface area contributed by atoms with Crippen LogP contribution < -0.4 is 10.2 Å². The van der Waals surface area contributed by atoms with Gasteiger partial charge in [0.2, 0.25) is 11.7 Å². The number of nitrogens with zero attached hydrogens (tertiary/aromatic N) is 2. The molecule has 1 heterocycles. The van der Waals surface area contributed by atoms with E-state index < -0.39 is 47.0 Å². The van der Waals surface area contributed by atoms with Crippen molar-refractivity contribution in [3.05, 3.63) is 57.9 Å². The third-order valence-electron chi connectivity index (χ3n) is 5.03. The Morgan fingerprint density at radius 2 is 1.53 bits per heavy atom. The molecule has 1 N–H and O–H groups in total. The smallest absolute Gasteiger partial charge is 0.229 e. The Labute approximate surface area is 175 Å². The highest BCUT2D eigenvalue weighted by atomic mass is 35.5. The van der Waals surface area contributed by atoms with Crippen molar-refractivity contribution in [1.29, 1.82) is 0 Å². The number of hydrogen-bond acceptors (Lipinski definition) is 3. The molecule has 1 fully saturated rings. The van der Waals surface area contributed by atoms with Crippen LogP contribution in [0.15, 0.2) is 18.2 Å². The maximum Gasteiger partial charge on any atom is 0.229 e. The topological polar surface area (TPSA) is 35.6 Å². The first-order valence-corrected chi connectivity index (χ1v) is 9.67. The Kier molecular flexibility index (Phi) is 6.82. The number of likely N-dealkylation sites (N-methyl/N-ethyl adjacent to an activating group) is 1. The number of carbonyl (C=O) groups is 1. The number of hydrogen-bond donors (Lipinski definition) is 1. The number of rotatable bonds is 5. The summed E-state index contributed by atoms with van der Waals surface area (Å²) in [5.74, 6) is -11.4. The zero-order valence-corrected chi connectivity index (χ0v) is 16.8. The summed E-state index contributed by atoms with van der Waals surface area (Å²) in [6, 6.07) is 4.82. The van der Waals surface area contributed by atoms with E-state index in [1.54, 1.807) is 12.1 Å². The lowest BCUT2D eigenvalue weighted by Gasteiger charge is -2.36. The van der Waals surface area contributed by atoms with Crippen LogP contribution in [0.4, 0.5) is 33.3 Å². The first kappa shape index (κ1) is 22.3. The van der Waals surface area contributed by atoms with Crippen molar-refractivity contribution in [2.75, 3.05) is 42.9 Å². The van der Waals surface area contributed by atoms with Crippen molar-refractivity contribution in [3.8, 4) is 0 Å². The van der Waals surface area contributed by atoms with Gasteiger partial charge in [0.15, 0.2) is 23.3 Å². The van der Waals surface area contributed by atoms with Crippen LogP contribution in [0.3, 0.4) is 0 Å². The third-order valence-corrected chi connectivity index (χ3v) is 5.27. The number of piperazine rings is 1. The van der Waals surface area contributed by atoms with E-state index in [0.717, 1.165) is 19.6 Å². The predicted molar refractivity (Wildman–Crippen MR) is 104 cm³/mol. The Morgan fingerprint density at radius 1 is 0.967 bits per heavy atom. The molecular formula is C20H19ClF5N3O. The molecule has 1 aliphatic heterocycles. The largest absolute Gasteiger partial charge is 0.367 e. The summed E-state index contributed by atoms with van der Waals surface area (Å²) in [4.78, 5) is 16.7. The van der Waals surface area contributed by atoms with Gasteiger partial charge >= 0.3 is 0 Å². The molecule has 1 saturated heterocycles. The summed E-state index contributed by atoms with van der Waals surface area (Å²) in [7, 11) is 0. The van der Waals surface area contributed by atoms with Gasteiger partial charge in [-0.25, -0.2) is 22.0 Å². The quantitative estimate of drug-likeness (QED) is 0.420. The van der Waals surface area contributed by atoms with Gasteiger partial charge in [0.1, 0.15) is 0 Å². The SMILES string of the molecule is CCN1CCN(c2ccc(Cl)cc2NC(=O)Cc2c(F)c(F)c(F)c(F)c2F)CC1. The fourth-order valence-electron chi connectivity index (χ4n) is 3.35. The third kappa shape index (κ3) is 4.52. The highest BCUT2D eigenvalue weighted by molar-refractivity contribution is 6.31. The zero-order valence-electron chi connectivity index (χ0n) is 16.0. The average molecular weight is 448 g/mol. The lowest BCUT2D eigenvalue weighted by molar-refractivity contribution is -0.115. The van der Waals surface area contributed by atoms with E-state index in [-0.39, 0.29) is 0 Å². The lowest BCUT2D eigenvalue weighted by atomic mass is 10.1. The minimum atomic E-state index is -2.27. The summed E-state index contributed by atoms with van der Waals surface area (Å²) >= 11 is 6.02. The maximum atomic E-state index is 13.9. The second-order valence-corrected chi connectivity index (χ2v) is 7.29. The molecule has 0 unspecified atom stereocenters. The molecule has 4 nitrogen and oxygen atoms in total. The molecule has 2 aromatic rings. The van der Waals surface area contributed by atoms with E-state index in [0.29, 0.717) is 29.5 Å². The molecular weight excluding hydrogens is 429 g/mol. The maximum absolute atomic E-state index is 13.9. The molecule has 1 amide bonds. The van der Waals surface area contributed by atoms with Gasteiger partial charge in [-0.15, -0.1) is 0 Å². The summed E-state index contributed by atoms with van der Waals surface area (Å²) < 4.78 is 67.7. The Balaban J connectivity index is 1.82. The highest BCUT2D eigenvalue weighted by Crippen LogP contribution is 2.31. The van der Waals surface area contributed by atoms with Crippen LogP contribution in [0.1, 0.15) is 12.5 Å². The number of amides is 1. The van der Waals surface area contributed by atoms with Gasteiger partial charge in [-0.3, -0.25) is 4.79 Å². The van der Waals surface area contributed by atoms with Crippen LogP contribution in [-0.4, -0.2) is 43.5 Å².